The lowest BCUT2D eigenvalue weighted by Crippen LogP contribution is -2.15. The van der Waals surface area contributed by atoms with Crippen molar-refractivity contribution in [2.45, 2.75) is 25.2 Å². The van der Waals surface area contributed by atoms with Crippen LogP contribution in [0.25, 0.3) is 0 Å². The summed E-state index contributed by atoms with van der Waals surface area (Å²) >= 11 is 5.89. The maximum atomic E-state index is 13.0. The van der Waals surface area contributed by atoms with Crippen LogP contribution in [0.4, 0.5) is 18.9 Å². The maximum Gasteiger partial charge on any atom is 0.437 e. The number of nitrogens with one attached hydrogen (secondary N) is 1. The number of anilines is 1. The van der Waals surface area contributed by atoms with Gasteiger partial charge in [-0.2, -0.15) is 26.6 Å². The largest absolute Gasteiger partial charge is 0.460 e. The van der Waals surface area contributed by atoms with Crippen LogP contribution in [0, 0.1) is 6.92 Å². The van der Waals surface area contributed by atoms with E-state index in [1.54, 1.807) is 6.92 Å². The summed E-state index contributed by atoms with van der Waals surface area (Å²) in [7, 11) is -4.68. The van der Waals surface area contributed by atoms with Crippen molar-refractivity contribution in [3.8, 4) is 0 Å². The Bertz CT molecular complexity index is 941. The first-order valence-corrected chi connectivity index (χ1v) is 8.86. The van der Waals surface area contributed by atoms with E-state index in [1.165, 1.54) is 25.1 Å². The van der Waals surface area contributed by atoms with Gasteiger partial charge in [0.2, 0.25) is 5.76 Å². The summed E-state index contributed by atoms with van der Waals surface area (Å²) in [6, 6.07) is 4.29. The Morgan fingerprint density at radius 1 is 1.38 bits per heavy atom. The predicted molar refractivity (Wildman–Crippen MR) is 84.5 cm³/mol. The average Bonchev–Trinajstić information content (AvgIpc) is 2.97. The number of hydrogen-bond donors (Lipinski definition) is 1. The minimum atomic E-state index is -5.12. The molecule has 0 saturated heterocycles. The summed E-state index contributed by atoms with van der Waals surface area (Å²) < 4.78 is 74.5. The van der Waals surface area contributed by atoms with Gasteiger partial charge in [0.1, 0.15) is 0 Å². The van der Waals surface area contributed by atoms with Crippen LogP contribution in [0.2, 0.25) is 5.02 Å². The molecule has 1 N–H and O–H groups in total. The highest BCUT2D eigenvalue weighted by atomic mass is 35.5. The number of oxazole rings is 1. The molecule has 0 atom stereocenters. The summed E-state index contributed by atoms with van der Waals surface area (Å²) in [5.74, 6) is -2.84. The average molecular weight is 413 g/mol. The molecule has 7 nitrogen and oxygen atoms in total. The molecule has 0 spiro atoms. The van der Waals surface area contributed by atoms with Gasteiger partial charge in [0.05, 0.1) is 17.3 Å². The van der Waals surface area contributed by atoms with E-state index in [4.69, 9.17) is 11.6 Å². The lowest BCUT2D eigenvalue weighted by atomic mass is 10.2. The number of sulfonamides is 1. The molecular weight excluding hydrogens is 401 g/mol. The van der Waals surface area contributed by atoms with E-state index in [9.17, 15) is 26.4 Å². The number of rotatable bonds is 5. The van der Waals surface area contributed by atoms with Crippen LogP contribution in [0.15, 0.2) is 27.8 Å². The molecular formula is C14H12ClF3N2O5S. The number of ether oxygens (including phenoxy) is 1. The molecule has 0 saturated carbocycles. The third-order valence-electron chi connectivity index (χ3n) is 2.94. The smallest absolute Gasteiger partial charge is 0.437 e. The number of halogens is 4. The number of esters is 1. The Morgan fingerprint density at radius 2 is 2.04 bits per heavy atom. The fourth-order valence-electron chi connectivity index (χ4n) is 1.83. The van der Waals surface area contributed by atoms with Gasteiger partial charge in [0.15, 0.2) is 5.69 Å². The van der Waals surface area contributed by atoms with Gasteiger partial charge < -0.3 is 9.15 Å². The van der Waals surface area contributed by atoms with Crippen LogP contribution in [-0.4, -0.2) is 26.0 Å². The highest BCUT2D eigenvalue weighted by molar-refractivity contribution is 7.92. The third-order valence-corrected chi connectivity index (χ3v) is 4.37. The van der Waals surface area contributed by atoms with Crippen molar-refractivity contribution in [2.75, 3.05) is 11.3 Å². The molecule has 2 aromatic rings. The second kappa shape index (κ2) is 7.16. The van der Waals surface area contributed by atoms with E-state index in [2.05, 4.69) is 14.1 Å². The zero-order valence-electron chi connectivity index (χ0n) is 13.3. The molecule has 0 unspecified atom stereocenters. The van der Waals surface area contributed by atoms with Crippen molar-refractivity contribution < 1.29 is 35.5 Å². The molecule has 0 radical (unpaired) electrons. The van der Waals surface area contributed by atoms with E-state index >= 15 is 0 Å². The van der Waals surface area contributed by atoms with Gasteiger partial charge in [-0.25, -0.2) is 4.79 Å². The molecule has 0 fully saturated rings. The number of aryl methyl sites for hydroxylation is 1. The Hall–Kier alpha value is -2.27. The standard InChI is InChI=1S/C14H12ClF3N2O5S/c1-3-24-12(21)10-11(14(16,17)18)19-13(25-10)26(22,23)20-9-5-4-7(2)6-8(9)15/h4-6,20H,3H2,1-2H3. The zero-order valence-corrected chi connectivity index (χ0v) is 14.9. The number of aromatic nitrogens is 1. The van der Waals surface area contributed by atoms with Crippen molar-refractivity contribution in [3.05, 3.63) is 40.2 Å². The second-order valence-electron chi connectivity index (χ2n) is 4.96. The van der Waals surface area contributed by atoms with Crippen molar-refractivity contribution >= 4 is 33.3 Å². The number of hydrogen-bond acceptors (Lipinski definition) is 6. The van der Waals surface area contributed by atoms with Crippen molar-refractivity contribution in [1.82, 2.24) is 4.98 Å². The summed E-state index contributed by atoms with van der Waals surface area (Å²) in [6.07, 6.45) is -5.12. The number of carbonyl (C=O) groups is 1. The van der Waals surface area contributed by atoms with Crippen LogP contribution in [0.1, 0.15) is 28.7 Å². The van der Waals surface area contributed by atoms with Gasteiger partial charge in [-0.15, -0.1) is 0 Å². The lowest BCUT2D eigenvalue weighted by Gasteiger charge is -2.07. The minimum Gasteiger partial charge on any atom is -0.460 e. The molecule has 0 bridgehead atoms. The molecule has 1 heterocycles. The third kappa shape index (κ3) is 4.28. The maximum absolute atomic E-state index is 13.0. The molecule has 0 amide bonds. The molecule has 142 valence electrons. The highest BCUT2D eigenvalue weighted by Gasteiger charge is 2.43. The Morgan fingerprint density at radius 3 is 2.58 bits per heavy atom. The van der Waals surface area contributed by atoms with Gasteiger partial charge in [-0.1, -0.05) is 17.7 Å². The van der Waals surface area contributed by atoms with Crippen molar-refractivity contribution in [3.63, 3.8) is 0 Å². The van der Waals surface area contributed by atoms with Crippen LogP contribution in [-0.2, 0) is 20.9 Å². The fourth-order valence-corrected chi connectivity index (χ4v) is 3.13. The van der Waals surface area contributed by atoms with Gasteiger partial charge in [-0.3, -0.25) is 4.72 Å². The van der Waals surface area contributed by atoms with Crippen molar-refractivity contribution in [1.29, 1.82) is 0 Å². The van der Waals surface area contributed by atoms with Crippen LogP contribution < -0.4 is 4.72 Å². The monoisotopic (exact) mass is 412 g/mol. The van der Waals surface area contributed by atoms with Gasteiger partial charge >= 0.3 is 27.4 Å². The van der Waals surface area contributed by atoms with E-state index in [0.29, 0.717) is 0 Å². The quantitative estimate of drug-likeness (QED) is 0.753. The van der Waals surface area contributed by atoms with Gasteiger partial charge in [0.25, 0.3) is 0 Å². The summed E-state index contributed by atoms with van der Waals surface area (Å²) in [4.78, 5) is 14.5. The first-order chi connectivity index (χ1) is 12.0. The molecule has 1 aromatic carbocycles. The normalized spacial score (nSPS) is 12.1. The van der Waals surface area contributed by atoms with Crippen LogP contribution in [0.5, 0.6) is 0 Å². The highest BCUT2D eigenvalue weighted by Crippen LogP contribution is 2.34. The molecule has 1 aromatic heterocycles. The molecule has 0 aliphatic heterocycles. The molecule has 0 aliphatic carbocycles. The van der Waals surface area contributed by atoms with Crippen LogP contribution >= 0.6 is 11.6 Å². The van der Waals surface area contributed by atoms with E-state index in [0.717, 1.165) is 5.56 Å². The first-order valence-electron chi connectivity index (χ1n) is 7.00. The summed E-state index contributed by atoms with van der Waals surface area (Å²) in [6.45, 7) is 2.83. The first kappa shape index (κ1) is 20.0. The van der Waals surface area contributed by atoms with Gasteiger partial charge in [0, 0.05) is 0 Å². The summed E-state index contributed by atoms with van der Waals surface area (Å²) in [5, 5.41) is -1.33. The number of benzene rings is 1. The topological polar surface area (TPSA) is 98.5 Å². The number of carbonyl (C=O) groups excluding carboxylic acids is 1. The molecule has 12 heteroatoms. The van der Waals surface area contributed by atoms with Gasteiger partial charge in [-0.05, 0) is 31.5 Å². The second-order valence-corrected chi connectivity index (χ2v) is 6.93. The Balaban J connectivity index is 2.47. The lowest BCUT2D eigenvalue weighted by molar-refractivity contribution is -0.141. The summed E-state index contributed by atoms with van der Waals surface area (Å²) in [5.41, 5.74) is -1.16. The minimum absolute atomic E-state index is 0.0155. The van der Waals surface area contributed by atoms with Crippen molar-refractivity contribution in [2.24, 2.45) is 0 Å². The Labute approximate surface area is 151 Å². The molecule has 2 rings (SSSR count). The van der Waals surface area contributed by atoms with Crippen LogP contribution in [0.3, 0.4) is 0 Å². The van der Waals surface area contributed by atoms with E-state index in [-0.39, 0.29) is 17.3 Å². The zero-order chi connectivity index (χ0) is 19.7. The molecule has 26 heavy (non-hydrogen) atoms. The SMILES string of the molecule is CCOC(=O)c1oc(S(=O)(=O)Nc2ccc(C)cc2Cl)nc1C(F)(F)F. The molecule has 0 aliphatic rings. The fraction of sp³-hybridized carbons (Fsp3) is 0.286. The number of alkyl halides is 3. The van der Waals surface area contributed by atoms with E-state index < -0.39 is 38.8 Å². The Kier molecular flexibility index (Phi) is 5.52. The van der Waals surface area contributed by atoms with E-state index in [1.807, 2.05) is 4.72 Å². The predicted octanol–water partition coefficient (Wildman–Crippen LogP) is 3.63. The number of nitrogens with zero attached hydrogens (tertiary/aromatic N) is 1.